The summed E-state index contributed by atoms with van der Waals surface area (Å²) in [4.78, 5) is 29.1. The lowest BCUT2D eigenvalue weighted by Crippen LogP contribution is -2.39. The topological polar surface area (TPSA) is 83.6 Å². The van der Waals surface area contributed by atoms with E-state index in [2.05, 4.69) is 15.8 Å². The summed E-state index contributed by atoms with van der Waals surface area (Å²) >= 11 is 0. The lowest BCUT2D eigenvalue weighted by Gasteiger charge is -2.15. The summed E-state index contributed by atoms with van der Waals surface area (Å²) in [5.41, 5.74) is 5.31. The van der Waals surface area contributed by atoms with Gasteiger partial charge in [0.05, 0.1) is 19.6 Å². The van der Waals surface area contributed by atoms with Gasteiger partial charge >= 0.3 is 5.97 Å². The molecule has 1 atom stereocenters. The zero-order chi connectivity index (χ0) is 14.4. The first-order chi connectivity index (χ1) is 9.69. The van der Waals surface area contributed by atoms with Crippen molar-refractivity contribution in [3.63, 3.8) is 0 Å². The highest BCUT2D eigenvalue weighted by atomic mass is 16.5. The number of aromatic nitrogens is 1. The van der Waals surface area contributed by atoms with Crippen molar-refractivity contribution in [1.29, 1.82) is 0 Å². The van der Waals surface area contributed by atoms with Crippen LogP contribution >= 0.6 is 0 Å². The number of carbonyl (C=O) groups excluding carboxylic acids is 2. The van der Waals surface area contributed by atoms with Gasteiger partial charge in [0.1, 0.15) is 5.82 Å². The van der Waals surface area contributed by atoms with Gasteiger partial charge in [-0.1, -0.05) is 6.07 Å². The van der Waals surface area contributed by atoms with Gasteiger partial charge in [0.2, 0.25) is 0 Å². The molecule has 0 saturated carbocycles. The van der Waals surface area contributed by atoms with E-state index in [0.29, 0.717) is 12.4 Å². The SMILES string of the molecule is COC(=O)C1CCN(CC(=O)NNc2ccccn2)C1. The van der Waals surface area contributed by atoms with Crippen molar-refractivity contribution in [2.75, 3.05) is 32.2 Å². The highest BCUT2D eigenvalue weighted by Gasteiger charge is 2.29. The third-order valence-corrected chi connectivity index (χ3v) is 3.17. The molecular formula is C13H18N4O3. The minimum absolute atomic E-state index is 0.128. The van der Waals surface area contributed by atoms with Crippen LogP contribution in [0.5, 0.6) is 0 Å². The number of likely N-dealkylation sites (tertiary alicyclic amines) is 1. The number of carbonyl (C=O) groups is 2. The van der Waals surface area contributed by atoms with E-state index in [4.69, 9.17) is 4.74 Å². The van der Waals surface area contributed by atoms with Gasteiger partial charge in [-0.3, -0.25) is 25.3 Å². The molecule has 0 bridgehead atoms. The third-order valence-electron chi connectivity index (χ3n) is 3.17. The zero-order valence-corrected chi connectivity index (χ0v) is 11.3. The number of rotatable bonds is 5. The first kappa shape index (κ1) is 14.3. The Hall–Kier alpha value is -2.15. The molecule has 2 heterocycles. The Balaban J connectivity index is 1.72. The molecule has 0 radical (unpaired) electrons. The van der Waals surface area contributed by atoms with E-state index in [1.165, 1.54) is 7.11 Å². The first-order valence-corrected chi connectivity index (χ1v) is 6.45. The Labute approximate surface area is 117 Å². The highest BCUT2D eigenvalue weighted by molar-refractivity contribution is 5.79. The summed E-state index contributed by atoms with van der Waals surface area (Å²) in [6.07, 6.45) is 2.36. The number of anilines is 1. The van der Waals surface area contributed by atoms with Crippen LogP contribution in [0.3, 0.4) is 0 Å². The highest BCUT2D eigenvalue weighted by Crippen LogP contribution is 2.16. The van der Waals surface area contributed by atoms with E-state index >= 15 is 0 Å². The molecule has 1 aliphatic rings. The van der Waals surface area contributed by atoms with Crippen LogP contribution in [0.1, 0.15) is 6.42 Å². The molecule has 1 unspecified atom stereocenters. The molecular weight excluding hydrogens is 260 g/mol. The Morgan fingerprint density at radius 2 is 2.35 bits per heavy atom. The van der Waals surface area contributed by atoms with E-state index in [0.717, 1.165) is 13.0 Å². The summed E-state index contributed by atoms with van der Waals surface area (Å²) in [7, 11) is 1.38. The van der Waals surface area contributed by atoms with E-state index < -0.39 is 0 Å². The van der Waals surface area contributed by atoms with E-state index in [1.807, 2.05) is 11.0 Å². The van der Waals surface area contributed by atoms with Crippen molar-refractivity contribution in [2.45, 2.75) is 6.42 Å². The molecule has 1 fully saturated rings. The molecule has 7 nitrogen and oxygen atoms in total. The molecule has 1 aliphatic heterocycles. The van der Waals surface area contributed by atoms with Crippen LogP contribution in [0, 0.1) is 5.92 Å². The summed E-state index contributed by atoms with van der Waals surface area (Å²) in [6, 6.07) is 5.37. The number of hydrazine groups is 1. The second-order valence-corrected chi connectivity index (χ2v) is 4.63. The van der Waals surface area contributed by atoms with Crippen molar-refractivity contribution >= 4 is 17.7 Å². The van der Waals surface area contributed by atoms with Gasteiger partial charge in [-0.05, 0) is 25.1 Å². The maximum absolute atomic E-state index is 11.8. The van der Waals surface area contributed by atoms with Crippen LogP contribution in [0.2, 0.25) is 0 Å². The monoisotopic (exact) mass is 278 g/mol. The van der Waals surface area contributed by atoms with Gasteiger partial charge in [0, 0.05) is 12.7 Å². The Morgan fingerprint density at radius 1 is 1.50 bits per heavy atom. The molecule has 1 saturated heterocycles. The standard InChI is InChI=1S/C13H18N4O3/c1-20-13(19)10-5-7-17(8-10)9-12(18)16-15-11-4-2-3-6-14-11/h2-4,6,10H,5,7-9H2,1H3,(H,14,15)(H,16,18). The van der Waals surface area contributed by atoms with Gasteiger partial charge in [0.25, 0.3) is 5.91 Å². The van der Waals surface area contributed by atoms with E-state index in [-0.39, 0.29) is 24.3 Å². The fraction of sp³-hybridized carbons (Fsp3) is 0.462. The lowest BCUT2D eigenvalue weighted by atomic mass is 10.1. The van der Waals surface area contributed by atoms with Crippen molar-refractivity contribution < 1.29 is 14.3 Å². The van der Waals surface area contributed by atoms with Crippen LogP contribution in [0.25, 0.3) is 0 Å². The molecule has 0 spiro atoms. The Kier molecular flexibility index (Phi) is 4.89. The first-order valence-electron chi connectivity index (χ1n) is 6.45. The normalized spacial score (nSPS) is 18.6. The quantitative estimate of drug-likeness (QED) is 0.583. The van der Waals surface area contributed by atoms with Crippen LogP contribution in [0.15, 0.2) is 24.4 Å². The number of pyridine rings is 1. The number of nitrogens with one attached hydrogen (secondary N) is 2. The van der Waals surface area contributed by atoms with Crippen LogP contribution < -0.4 is 10.9 Å². The van der Waals surface area contributed by atoms with Crippen LogP contribution in [-0.4, -0.2) is 48.5 Å². The summed E-state index contributed by atoms with van der Waals surface area (Å²) in [5, 5.41) is 0. The smallest absolute Gasteiger partial charge is 0.310 e. The molecule has 2 rings (SSSR count). The lowest BCUT2D eigenvalue weighted by molar-refractivity contribution is -0.145. The molecule has 1 aromatic rings. The predicted molar refractivity (Wildman–Crippen MR) is 72.6 cm³/mol. The summed E-state index contributed by atoms with van der Waals surface area (Å²) in [5.74, 6) is 0.0759. The minimum Gasteiger partial charge on any atom is -0.469 e. The minimum atomic E-state index is -0.209. The molecule has 2 N–H and O–H groups in total. The van der Waals surface area contributed by atoms with E-state index in [1.54, 1.807) is 18.3 Å². The number of hydrogen-bond acceptors (Lipinski definition) is 6. The number of nitrogens with zero attached hydrogens (tertiary/aromatic N) is 2. The Morgan fingerprint density at radius 3 is 3.05 bits per heavy atom. The van der Waals surface area contributed by atoms with Crippen LogP contribution in [0.4, 0.5) is 5.82 Å². The fourth-order valence-electron chi connectivity index (χ4n) is 2.15. The van der Waals surface area contributed by atoms with Gasteiger partial charge in [-0.2, -0.15) is 0 Å². The average Bonchev–Trinajstić information content (AvgIpc) is 2.94. The van der Waals surface area contributed by atoms with Gasteiger partial charge in [-0.25, -0.2) is 4.98 Å². The molecule has 1 amide bonds. The molecule has 0 aromatic carbocycles. The number of amides is 1. The molecule has 1 aromatic heterocycles. The fourth-order valence-corrected chi connectivity index (χ4v) is 2.15. The second kappa shape index (κ2) is 6.85. The largest absolute Gasteiger partial charge is 0.469 e. The average molecular weight is 278 g/mol. The third kappa shape index (κ3) is 3.92. The number of esters is 1. The van der Waals surface area contributed by atoms with Crippen molar-refractivity contribution in [2.24, 2.45) is 5.92 Å². The molecule has 0 aliphatic carbocycles. The van der Waals surface area contributed by atoms with Crippen LogP contribution in [-0.2, 0) is 14.3 Å². The maximum atomic E-state index is 11.8. The molecule has 108 valence electrons. The Bertz CT molecular complexity index is 466. The maximum Gasteiger partial charge on any atom is 0.310 e. The van der Waals surface area contributed by atoms with Gasteiger partial charge < -0.3 is 4.74 Å². The second-order valence-electron chi connectivity index (χ2n) is 4.63. The summed E-state index contributed by atoms with van der Waals surface area (Å²) < 4.78 is 4.71. The predicted octanol–water partition coefficient (Wildman–Crippen LogP) is 0.0196. The number of ether oxygens (including phenoxy) is 1. The van der Waals surface area contributed by atoms with Crippen molar-refractivity contribution in [1.82, 2.24) is 15.3 Å². The van der Waals surface area contributed by atoms with Crippen molar-refractivity contribution in [3.8, 4) is 0 Å². The number of methoxy groups -OCH3 is 1. The van der Waals surface area contributed by atoms with Crippen molar-refractivity contribution in [3.05, 3.63) is 24.4 Å². The van der Waals surface area contributed by atoms with E-state index in [9.17, 15) is 9.59 Å². The van der Waals surface area contributed by atoms with Gasteiger partial charge in [-0.15, -0.1) is 0 Å². The summed E-state index contributed by atoms with van der Waals surface area (Å²) in [6.45, 7) is 1.52. The molecule has 7 heteroatoms. The van der Waals surface area contributed by atoms with Gasteiger partial charge in [0.15, 0.2) is 0 Å². The zero-order valence-electron chi connectivity index (χ0n) is 11.3. The number of hydrogen-bond donors (Lipinski definition) is 2. The molecule has 20 heavy (non-hydrogen) atoms.